The van der Waals surface area contributed by atoms with Crippen LogP contribution < -0.4 is 15.4 Å². The van der Waals surface area contributed by atoms with E-state index in [4.69, 9.17) is 14.6 Å². The topological polar surface area (TPSA) is 117 Å². The van der Waals surface area contributed by atoms with Crippen molar-refractivity contribution in [1.82, 2.24) is 10.2 Å². The van der Waals surface area contributed by atoms with Gasteiger partial charge in [-0.1, -0.05) is 30.3 Å². The van der Waals surface area contributed by atoms with Crippen molar-refractivity contribution in [2.45, 2.75) is 44.1 Å². The Kier molecular flexibility index (Phi) is 6.79. The number of fused-ring (bicyclic) bond motifs is 2. The van der Waals surface area contributed by atoms with Crippen molar-refractivity contribution < 1.29 is 29.0 Å². The minimum Gasteiger partial charge on any atom is -0.490 e. The minimum atomic E-state index is -0.909. The molecule has 2 aromatic carbocycles. The van der Waals surface area contributed by atoms with Gasteiger partial charge >= 0.3 is 12.0 Å². The van der Waals surface area contributed by atoms with E-state index in [0.29, 0.717) is 36.4 Å². The highest BCUT2D eigenvalue weighted by Crippen LogP contribution is 2.32. The van der Waals surface area contributed by atoms with Gasteiger partial charge in [-0.15, -0.1) is 0 Å². The molecule has 0 radical (unpaired) electrons. The molecule has 0 bridgehead atoms. The number of likely N-dealkylation sites (N-methyl/N-ethyl adjacent to an activating group) is 1. The van der Waals surface area contributed by atoms with Crippen molar-refractivity contribution >= 4 is 23.6 Å². The highest BCUT2D eigenvalue weighted by molar-refractivity contribution is 5.99. The van der Waals surface area contributed by atoms with E-state index in [2.05, 4.69) is 10.6 Å². The molecule has 0 aromatic heterocycles. The van der Waals surface area contributed by atoms with Gasteiger partial charge in [-0.25, -0.2) is 4.79 Å². The summed E-state index contributed by atoms with van der Waals surface area (Å²) in [7, 11) is 1.71. The molecule has 9 nitrogen and oxygen atoms in total. The maximum atomic E-state index is 13.2. The third kappa shape index (κ3) is 5.43. The molecule has 2 aliphatic rings. The predicted octanol–water partition coefficient (Wildman–Crippen LogP) is 2.86. The lowest BCUT2D eigenvalue weighted by atomic mass is 9.94. The summed E-state index contributed by atoms with van der Waals surface area (Å²) in [5.41, 5.74) is 1.80. The number of anilines is 1. The number of carbonyl (C=O) groups excluding carboxylic acids is 2. The van der Waals surface area contributed by atoms with Gasteiger partial charge < -0.3 is 30.1 Å². The highest BCUT2D eigenvalue weighted by atomic mass is 16.5. The Morgan fingerprint density at radius 2 is 1.94 bits per heavy atom. The molecule has 9 heteroatoms. The second-order valence-electron chi connectivity index (χ2n) is 8.27. The first-order chi connectivity index (χ1) is 15.9. The van der Waals surface area contributed by atoms with Gasteiger partial charge in [0.05, 0.1) is 24.1 Å². The second-order valence-corrected chi connectivity index (χ2v) is 8.27. The lowest BCUT2D eigenvalue weighted by Gasteiger charge is -2.42. The number of amides is 3. The Balaban J connectivity index is 1.44. The number of aliphatic carboxylic acids is 1. The zero-order chi connectivity index (χ0) is 23.4. The molecule has 1 fully saturated rings. The van der Waals surface area contributed by atoms with Crippen LogP contribution in [0.5, 0.6) is 5.75 Å². The van der Waals surface area contributed by atoms with E-state index in [-0.39, 0.29) is 31.0 Å². The third-order valence-electron chi connectivity index (χ3n) is 5.97. The first-order valence-electron chi connectivity index (χ1n) is 10.9. The molecule has 174 valence electrons. The van der Waals surface area contributed by atoms with Crippen LogP contribution in [0.1, 0.15) is 35.2 Å². The van der Waals surface area contributed by atoms with Crippen LogP contribution in [0, 0.1) is 0 Å². The summed E-state index contributed by atoms with van der Waals surface area (Å²) in [6.07, 6.45) is 0.311. The number of nitrogens with one attached hydrogen (secondary N) is 2. The number of carboxylic acids is 1. The molecule has 33 heavy (non-hydrogen) atoms. The van der Waals surface area contributed by atoms with Crippen molar-refractivity contribution in [3.8, 4) is 5.75 Å². The summed E-state index contributed by atoms with van der Waals surface area (Å²) in [5, 5.41) is 14.6. The number of carbonyl (C=O) groups is 3. The summed E-state index contributed by atoms with van der Waals surface area (Å²) >= 11 is 0. The van der Waals surface area contributed by atoms with Crippen LogP contribution >= 0.6 is 0 Å². The van der Waals surface area contributed by atoms with E-state index in [0.717, 1.165) is 5.56 Å². The van der Waals surface area contributed by atoms with Gasteiger partial charge in [-0.05, 0) is 36.6 Å². The first-order valence-corrected chi connectivity index (χ1v) is 10.9. The Morgan fingerprint density at radius 1 is 1.15 bits per heavy atom. The molecule has 2 heterocycles. The van der Waals surface area contributed by atoms with Crippen LogP contribution in [-0.4, -0.2) is 59.8 Å². The number of benzene rings is 2. The molecule has 1 saturated heterocycles. The van der Waals surface area contributed by atoms with Gasteiger partial charge in [-0.3, -0.25) is 9.59 Å². The smallest absolute Gasteiger partial charge is 0.319 e. The fraction of sp³-hybridized carbons (Fsp3) is 0.375. The van der Waals surface area contributed by atoms with Crippen LogP contribution in [0.15, 0.2) is 48.5 Å². The molecule has 0 unspecified atom stereocenters. The van der Waals surface area contributed by atoms with Gasteiger partial charge in [0.1, 0.15) is 18.5 Å². The van der Waals surface area contributed by atoms with Gasteiger partial charge in [0, 0.05) is 19.3 Å². The largest absolute Gasteiger partial charge is 0.490 e. The van der Waals surface area contributed by atoms with Gasteiger partial charge in [0.15, 0.2) is 0 Å². The number of rotatable bonds is 5. The van der Waals surface area contributed by atoms with E-state index in [1.165, 1.54) is 0 Å². The fourth-order valence-corrected chi connectivity index (χ4v) is 4.25. The van der Waals surface area contributed by atoms with E-state index in [1.54, 1.807) is 30.1 Å². The maximum Gasteiger partial charge on any atom is 0.319 e. The molecule has 0 aliphatic carbocycles. The van der Waals surface area contributed by atoms with E-state index >= 15 is 0 Å². The number of urea groups is 1. The standard InChI is InChI=1S/C24H27N3O6/c1-27-19-9-8-17(12-22(28)29)33-21(19)14-32-20-10-7-16(11-18(20)23(27)30)26-24(31)25-13-15-5-3-2-4-6-15/h2-7,10-11,17,19,21H,8-9,12-14H2,1H3,(H,28,29)(H2,25,26,31)/t17-,19+,21-/m1/s1. The van der Waals surface area contributed by atoms with E-state index in [9.17, 15) is 14.4 Å². The van der Waals surface area contributed by atoms with Crippen molar-refractivity contribution in [3.05, 3.63) is 59.7 Å². The van der Waals surface area contributed by atoms with Crippen LogP contribution in [0.3, 0.4) is 0 Å². The average Bonchev–Trinajstić information content (AvgIpc) is 2.81. The van der Waals surface area contributed by atoms with Gasteiger partial charge in [0.25, 0.3) is 5.91 Å². The van der Waals surface area contributed by atoms with Gasteiger partial charge in [0.2, 0.25) is 0 Å². The Labute approximate surface area is 191 Å². The normalized spacial score (nSPS) is 22.2. The maximum absolute atomic E-state index is 13.2. The molecule has 0 saturated carbocycles. The van der Waals surface area contributed by atoms with E-state index in [1.807, 2.05) is 30.3 Å². The zero-order valence-electron chi connectivity index (χ0n) is 18.3. The van der Waals surface area contributed by atoms with E-state index < -0.39 is 18.2 Å². The molecule has 3 amide bonds. The molecular weight excluding hydrogens is 426 g/mol. The highest BCUT2D eigenvalue weighted by Gasteiger charge is 2.39. The number of hydrogen-bond donors (Lipinski definition) is 3. The number of ether oxygens (including phenoxy) is 2. The molecule has 3 N–H and O–H groups in total. The molecule has 2 aliphatic heterocycles. The number of hydrogen-bond acceptors (Lipinski definition) is 5. The molecule has 0 spiro atoms. The van der Waals surface area contributed by atoms with Crippen molar-refractivity contribution in [1.29, 1.82) is 0 Å². The predicted molar refractivity (Wildman–Crippen MR) is 120 cm³/mol. The Hall–Kier alpha value is -3.59. The van der Waals surface area contributed by atoms with Crippen LogP contribution in [0.2, 0.25) is 0 Å². The summed E-state index contributed by atoms with van der Waals surface area (Å²) < 4.78 is 11.8. The molecular formula is C24H27N3O6. The SMILES string of the molecule is CN1C(=O)c2cc(NC(=O)NCc3ccccc3)ccc2OC[C@H]2O[C@@H](CC(=O)O)CC[C@@H]21. The Morgan fingerprint density at radius 3 is 2.70 bits per heavy atom. The summed E-state index contributed by atoms with van der Waals surface area (Å²) in [5.74, 6) is -0.759. The summed E-state index contributed by atoms with van der Waals surface area (Å²) in [6, 6.07) is 13.9. The summed E-state index contributed by atoms with van der Waals surface area (Å²) in [4.78, 5) is 38.2. The first kappa shape index (κ1) is 22.6. The van der Waals surface area contributed by atoms with Crippen molar-refractivity contribution in [2.75, 3.05) is 19.0 Å². The van der Waals surface area contributed by atoms with Crippen LogP contribution in [0.4, 0.5) is 10.5 Å². The van der Waals surface area contributed by atoms with Crippen LogP contribution in [-0.2, 0) is 16.1 Å². The van der Waals surface area contributed by atoms with Crippen LogP contribution in [0.25, 0.3) is 0 Å². The Bertz CT molecular complexity index is 1030. The summed E-state index contributed by atoms with van der Waals surface area (Å²) in [6.45, 7) is 0.587. The molecule has 3 atom stereocenters. The fourth-order valence-electron chi connectivity index (χ4n) is 4.25. The number of nitrogens with zero attached hydrogens (tertiary/aromatic N) is 1. The van der Waals surface area contributed by atoms with Crippen molar-refractivity contribution in [2.24, 2.45) is 0 Å². The molecule has 4 rings (SSSR count). The lowest BCUT2D eigenvalue weighted by molar-refractivity contribution is -0.148. The second kappa shape index (κ2) is 9.91. The quantitative estimate of drug-likeness (QED) is 0.641. The zero-order valence-corrected chi connectivity index (χ0v) is 18.3. The van der Waals surface area contributed by atoms with Crippen molar-refractivity contribution in [3.63, 3.8) is 0 Å². The molecule has 2 aromatic rings. The van der Waals surface area contributed by atoms with Gasteiger partial charge in [-0.2, -0.15) is 0 Å². The average molecular weight is 453 g/mol. The monoisotopic (exact) mass is 453 g/mol. The minimum absolute atomic E-state index is 0.0706. The number of carboxylic acid groups (broad SMARTS) is 1. The third-order valence-corrected chi connectivity index (χ3v) is 5.97. The lowest BCUT2D eigenvalue weighted by Crippen LogP contribution is -2.53.